The van der Waals surface area contributed by atoms with Crippen LogP contribution in [-0.2, 0) is 11.2 Å². The van der Waals surface area contributed by atoms with Crippen molar-refractivity contribution < 1.29 is 9.21 Å². The lowest BCUT2D eigenvalue weighted by Gasteiger charge is -2.15. The summed E-state index contributed by atoms with van der Waals surface area (Å²) < 4.78 is 5.68. The van der Waals surface area contributed by atoms with Gasteiger partial charge in [-0.2, -0.15) is 0 Å². The molecule has 22 heavy (non-hydrogen) atoms. The van der Waals surface area contributed by atoms with E-state index in [2.05, 4.69) is 29.0 Å². The summed E-state index contributed by atoms with van der Waals surface area (Å²) in [6.07, 6.45) is 4.13. The van der Waals surface area contributed by atoms with E-state index >= 15 is 0 Å². The number of nitrogens with one attached hydrogen (secondary N) is 1. The molecule has 0 spiro atoms. The van der Waals surface area contributed by atoms with Crippen molar-refractivity contribution in [1.29, 1.82) is 0 Å². The second-order valence-electron chi connectivity index (χ2n) is 5.17. The third-order valence-corrected chi connectivity index (χ3v) is 3.48. The van der Waals surface area contributed by atoms with Crippen molar-refractivity contribution in [2.24, 2.45) is 0 Å². The van der Waals surface area contributed by atoms with Gasteiger partial charge in [-0.05, 0) is 12.0 Å². The fourth-order valence-corrected chi connectivity index (χ4v) is 2.22. The molecule has 2 rings (SSSR count). The van der Waals surface area contributed by atoms with Gasteiger partial charge in [0, 0.05) is 5.57 Å². The molecule has 0 bridgehead atoms. The van der Waals surface area contributed by atoms with Crippen molar-refractivity contribution in [3.8, 4) is 0 Å². The van der Waals surface area contributed by atoms with Gasteiger partial charge in [-0.3, -0.25) is 4.79 Å². The minimum atomic E-state index is -0.164. The zero-order chi connectivity index (χ0) is 15.8. The first-order valence-electron chi connectivity index (χ1n) is 7.49. The molecule has 1 heterocycles. The number of benzene rings is 1. The van der Waals surface area contributed by atoms with Crippen molar-refractivity contribution in [3.63, 3.8) is 0 Å². The number of amides is 1. The molecule has 0 saturated carbocycles. The topological polar surface area (TPSA) is 68.0 Å². The van der Waals surface area contributed by atoms with E-state index in [-0.39, 0.29) is 6.04 Å². The summed E-state index contributed by atoms with van der Waals surface area (Å²) in [5.41, 5.74) is 1.77. The van der Waals surface area contributed by atoms with Gasteiger partial charge in [0.15, 0.2) is 0 Å². The average Bonchev–Trinajstić information content (AvgIpc) is 3.00. The molecule has 0 aliphatic rings. The van der Waals surface area contributed by atoms with Crippen LogP contribution >= 0.6 is 0 Å². The van der Waals surface area contributed by atoms with Crippen molar-refractivity contribution >= 4 is 12.0 Å². The first kappa shape index (κ1) is 15.9. The summed E-state index contributed by atoms with van der Waals surface area (Å²) in [5.74, 6) is 0.934. The highest BCUT2D eigenvalue weighted by atomic mass is 16.4. The fraction of sp³-hybridized carbons (Fsp3) is 0.353. The molecule has 1 aromatic carbocycles. The number of carbonyl (C=O) groups is 1. The summed E-state index contributed by atoms with van der Waals surface area (Å²) in [5, 5.41) is 10.9. The second kappa shape index (κ2) is 8.12. The third-order valence-electron chi connectivity index (χ3n) is 3.48. The first-order valence-corrected chi connectivity index (χ1v) is 7.49. The summed E-state index contributed by atoms with van der Waals surface area (Å²) in [6, 6.07) is 9.77. The lowest BCUT2D eigenvalue weighted by atomic mass is 10.0. The molecule has 0 aliphatic carbocycles. The molecular formula is C17H21N3O2. The molecule has 1 aromatic heterocycles. The van der Waals surface area contributed by atoms with Gasteiger partial charge in [0.25, 0.3) is 0 Å². The monoisotopic (exact) mass is 299 g/mol. The Morgan fingerprint density at radius 2 is 2.14 bits per heavy atom. The van der Waals surface area contributed by atoms with Gasteiger partial charge in [-0.15, -0.1) is 10.2 Å². The minimum absolute atomic E-state index is 0.164. The van der Waals surface area contributed by atoms with Crippen LogP contribution < -0.4 is 5.32 Å². The van der Waals surface area contributed by atoms with Crippen molar-refractivity contribution in [3.05, 3.63) is 54.3 Å². The maximum atomic E-state index is 10.7. The molecule has 116 valence electrons. The molecule has 1 atom stereocenters. The predicted octanol–water partition coefficient (Wildman–Crippen LogP) is 2.98. The van der Waals surface area contributed by atoms with E-state index in [1.54, 1.807) is 0 Å². The minimum Gasteiger partial charge on any atom is -0.421 e. The zero-order valence-corrected chi connectivity index (χ0v) is 12.8. The SMILES string of the molecule is C=C(c1nnc(Cc2ccccc2)o1)C(CCCC)NC=O. The van der Waals surface area contributed by atoms with E-state index in [1.807, 2.05) is 30.3 Å². The molecule has 1 unspecified atom stereocenters. The van der Waals surface area contributed by atoms with Crippen LogP contribution in [0.1, 0.15) is 43.5 Å². The van der Waals surface area contributed by atoms with Crippen molar-refractivity contribution in [2.45, 2.75) is 38.6 Å². The molecule has 0 radical (unpaired) electrons. The average molecular weight is 299 g/mol. The predicted molar refractivity (Wildman–Crippen MR) is 85.1 cm³/mol. The van der Waals surface area contributed by atoms with Crippen LogP contribution in [0.5, 0.6) is 0 Å². The molecule has 0 aliphatic heterocycles. The Bertz CT molecular complexity index is 607. The van der Waals surface area contributed by atoms with Crippen LogP contribution in [0.15, 0.2) is 41.3 Å². The van der Waals surface area contributed by atoms with Gasteiger partial charge < -0.3 is 9.73 Å². The number of nitrogens with zero attached hydrogens (tertiary/aromatic N) is 2. The van der Waals surface area contributed by atoms with Crippen LogP contribution in [0.3, 0.4) is 0 Å². The Balaban J connectivity index is 2.05. The number of rotatable bonds is 9. The van der Waals surface area contributed by atoms with E-state index in [9.17, 15) is 4.79 Å². The van der Waals surface area contributed by atoms with Crippen LogP contribution in [-0.4, -0.2) is 22.6 Å². The highest BCUT2D eigenvalue weighted by Crippen LogP contribution is 2.20. The number of carbonyl (C=O) groups excluding carboxylic acids is 1. The highest BCUT2D eigenvalue weighted by Gasteiger charge is 2.18. The number of hydrogen-bond acceptors (Lipinski definition) is 4. The molecule has 0 fully saturated rings. The highest BCUT2D eigenvalue weighted by molar-refractivity contribution is 5.64. The van der Waals surface area contributed by atoms with E-state index in [1.165, 1.54) is 0 Å². The molecular weight excluding hydrogens is 278 g/mol. The van der Waals surface area contributed by atoms with Crippen molar-refractivity contribution in [1.82, 2.24) is 15.5 Å². The lowest BCUT2D eigenvalue weighted by molar-refractivity contribution is -0.109. The normalized spacial score (nSPS) is 11.9. The van der Waals surface area contributed by atoms with Gasteiger partial charge in [0.05, 0.1) is 12.5 Å². The first-order chi connectivity index (χ1) is 10.7. The number of aromatic nitrogens is 2. The van der Waals surface area contributed by atoms with E-state index < -0.39 is 0 Å². The summed E-state index contributed by atoms with van der Waals surface area (Å²) in [7, 11) is 0. The maximum Gasteiger partial charge on any atom is 0.245 e. The summed E-state index contributed by atoms with van der Waals surface area (Å²) in [6.45, 7) is 6.10. The maximum absolute atomic E-state index is 10.7. The molecule has 5 heteroatoms. The van der Waals surface area contributed by atoms with Gasteiger partial charge in [0.2, 0.25) is 18.2 Å². The summed E-state index contributed by atoms with van der Waals surface area (Å²) in [4.78, 5) is 10.7. The van der Waals surface area contributed by atoms with Gasteiger partial charge >= 0.3 is 0 Å². The Labute approximate surface area is 130 Å². The Kier molecular flexibility index (Phi) is 5.89. The number of hydrogen-bond donors (Lipinski definition) is 1. The smallest absolute Gasteiger partial charge is 0.245 e. The van der Waals surface area contributed by atoms with Gasteiger partial charge in [-0.1, -0.05) is 56.7 Å². The van der Waals surface area contributed by atoms with E-state index in [0.717, 1.165) is 24.8 Å². The van der Waals surface area contributed by atoms with E-state index in [4.69, 9.17) is 4.42 Å². The third kappa shape index (κ3) is 4.28. The molecule has 1 amide bonds. The quantitative estimate of drug-likeness (QED) is 0.723. The van der Waals surface area contributed by atoms with Gasteiger partial charge in [0.1, 0.15) is 0 Å². The molecule has 5 nitrogen and oxygen atoms in total. The van der Waals surface area contributed by atoms with Gasteiger partial charge in [-0.25, -0.2) is 0 Å². The molecule has 0 saturated heterocycles. The largest absolute Gasteiger partial charge is 0.421 e. The lowest BCUT2D eigenvalue weighted by Crippen LogP contribution is -2.28. The van der Waals surface area contributed by atoms with Crippen LogP contribution in [0.4, 0.5) is 0 Å². The van der Waals surface area contributed by atoms with Crippen LogP contribution in [0, 0.1) is 0 Å². The zero-order valence-electron chi connectivity index (χ0n) is 12.8. The van der Waals surface area contributed by atoms with E-state index in [0.29, 0.717) is 30.2 Å². The molecule has 1 N–H and O–H groups in total. The van der Waals surface area contributed by atoms with Crippen LogP contribution in [0.2, 0.25) is 0 Å². The Morgan fingerprint density at radius 3 is 2.82 bits per heavy atom. The second-order valence-corrected chi connectivity index (χ2v) is 5.17. The van der Waals surface area contributed by atoms with Crippen LogP contribution in [0.25, 0.3) is 5.57 Å². The standard InChI is InChI=1S/C17H21N3O2/c1-3-4-10-15(18-12-21)13(2)17-20-19-16(22-17)11-14-8-6-5-7-9-14/h5-9,12,15H,2-4,10-11H2,1H3,(H,18,21). The fourth-order valence-electron chi connectivity index (χ4n) is 2.22. The number of unbranched alkanes of at least 4 members (excludes halogenated alkanes) is 1. The Morgan fingerprint density at radius 1 is 1.36 bits per heavy atom. The molecule has 2 aromatic rings. The Hall–Kier alpha value is -2.43. The summed E-state index contributed by atoms with van der Waals surface area (Å²) >= 11 is 0. The van der Waals surface area contributed by atoms with Crippen molar-refractivity contribution in [2.75, 3.05) is 0 Å².